The van der Waals surface area contributed by atoms with Gasteiger partial charge in [-0.15, -0.1) is 0 Å². The highest BCUT2D eigenvalue weighted by Crippen LogP contribution is 2.38. The van der Waals surface area contributed by atoms with Gasteiger partial charge < -0.3 is 4.40 Å². The Bertz CT molecular complexity index is 1730. The topological polar surface area (TPSA) is 4.41 Å². The second-order valence-corrected chi connectivity index (χ2v) is 8.33. The molecular formula is C29H23N. The van der Waals surface area contributed by atoms with Crippen LogP contribution in [0.25, 0.3) is 61.5 Å². The van der Waals surface area contributed by atoms with E-state index in [1.165, 1.54) is 65.6 Å². The van der Waals surface area contributed by atoms with Gasteiger partial charge >= 0.3 is 0 Å². The number of allylic oxidation sites excluding steroid dienone is 1. The summed E-state index contributed by atoms with van der Waals surface area (Å²) in [6.45, 7) is 11.2. The molecule has 6 rings (SSSR count). The van der Waals surface area contributed by atoms with Crippen LogP contribution in [0.1, 0.15) is 23.6 Å². The van der Waals surface area contributed by atoms with E-state index in [9.17, 15) is 0 Å². The van der Waals surface area contributed by atoms with Crippen LogP contribution in [0.4, 0.5) is 0 Å². The maximum absolute atomic E-state index is 4.64. The summed E-state index contributed by atoms with van der Waals surface area (Å²) in [4.78, 5) is 0. The van der Waals surface area contributed by atoms with Gasteiger partial charge in [-0.1, -0.05) is 73.3 Å². The van der Waals surface area contributed by atoms with Gasteiger partial charge in [0, 0.05) is 21.5 Å². The van der Waals surface area contributed by atoms with Gasteiger partial charge in [0.2, 0.25) is 0 Å². The number of rotatable bonds is 1. The monoisotopic (exact) mass is 385 g/mol. The summed E-state index contributed by atoms with van der Waals surface area (Å²) in [5, 5.41) is 8.83. The van der Waals surface area contributed by atoms with E-state index in [0.29, 0.717) is 0 Å². The quantitative estimate of drug-likeness (QED) is 0.261. The van der Waals surface area contributed by atoms with Crippen LogP contribution >= 0.6 is 0 Å². The Hall–Kier alpha value is -3.58. The van der Waals surface area contributed by atoms with Gasteiger partial charge in [-0.2, -0.15) is 0 Å². The Morgan fingerprint density at radius 1 is 0.800 bits per heavy atom. The van der Waals surface area contributed by atoms with E-state index in [-0.39, 0.29) is 0 Å². The summed E-state index contributed by atoms with van der Waals surface area (Å²) in [5.74, 6) is 0. The summed E-state index contributed by atoms with van der Waals surface area (Å²) in [7, 11) is 0. The molecule has 144 valence electrons. The van der Waals surface area contributed by atoms with E-state index < -0.39 is 0 Å². The number of aryl methyl sites for hydroxylation is 2. The highest BCUT2D eigenvalue weighted by atomic mass is 14.9. The number of hydrogen-bond donors (Lipinski definition) is 0. The third kappa shape index (κ3) is 2.02. The van der Waals surface area contributed by atoms with Crippen molar-refractivity contribution in [2.24, 2.45) is 0 Å². The van der Waals surface area contributed by atoms with E-state index in [2.05, 4.69) is 105 Å². The Kier molecular flexibility index (Phi) is 3.44. The number of nitrogens with zero attached hydrogens (tertiary/aromatic N) is 1. The predicted molar refractivity (Wildman–Crippen MR) is 132 cm³/mol. The molecule has 0 saturated heterocycles. The number of benzene rings is 4. The lowest BCUT2D eigenvalue weighted by Crippen LogP contribution is -2.09. The molecule has 0 unspecified atom stereocenters. The average molecular weight is 386 g/mol. The van der Waals surface area contributed by atoms with E-state index in [4.69, 9.17) is 0 Å². The minimum atomic E-state index is 1.12. The molecule has 0 bridgehead atoms. The zero-order valence-corrected chi connectivity index (χ0v) is 17.6. The molecule has 2 heterocycles. The number of pyridine rings is 1. The molecule has 0 saturated carbocycles. The number of para-hydroxylation sites is 1. The number of fused-ring (bicyclic) bond motifs is 6. The highest BCUT2D eigenvalue weighted by molar-refractivity contribution is 6.20. The number of hydrogen-bond acceptors (Lipinski definition) is 0. The lowest BCUT2D eigenvalue weighted by Gasteiger charge is -2.15. The fourth-order valence-corrected chi connectivity index (χ4v) is 5.41. The normalized spacial score (nSPS) is 12.5. The van der Waals surface area contributed by atoms with Crippen molar-refractivity contribution in [1.29, 1.82) is 0 Å². The van der Waals surface area contributed by atoms with Gasteiger partial charge in [-0.3, -0.25) is 0 Å². The SMILES string of the molecule is C=c1c2c(C)c3ccccc3cc2n2c3c(C)cccc3c3ccc(/C=C\C)c1c32. The van der Waals surface area contributed by atoms with Crippen LogP contribution in [0.15, 0.2) is 66.7 Å². The molecular weight excluding hydrogens is 362 g/mol. The van der Waals surface area contributed by atoms with Crippen molar-refractivity contribution < 1.29 is 0 Å². The van der Waals surface area contributed by atoms with Gasteiger partial charge in [0.1, 0.15) is 0 Å². The zero-order valence-electron chi connectivity index (χ0n) is 17.6. The molecule has 0 fully saturated rings. The Labute approximate surface area is 175 Å². The summed E-state index contributed by atoms with van der Waals surface area (Å²) in [5.41, 5.74) is 7.66. The Morgan fingerprint density at radius 2 is 1.57 bits per heavy atom. The first-order valence-corrected chi connectivity index (χ1v) is 10.5. The second-order valence-electron chi connectivity index (χ2n) is 8.33. The van der Waals surface area contributed by atoms with Crippen LogP contribution in [-0.4, -0.2) is 4.40 Å². The average Bonchev–Trinajstić information content (AvgIpc) is 3.09. The summed E-state index contributed by atoms with van der Waals surface area (Å²) in [6.07, 6.45) is 4.32. The van der Waals surface area contributed by atoms with Crippen LogP contribution in [0.3, 0.4) is 0 Å². The van der Waals surface area contributed by atoms with E-state index >= 15 is 0 Å². The third-order valence-electron chi connectivity index (χ3n) is 6.66. The molecule has 0 aliphatic heterocycles. The largest absolute Gasteiger partial charge is 0.308 e. The van der Waals surface area contributed by atoms with Crippen molar-refractivity contribution in [1.82, 2.24) is 4.40 Å². The molecule has 1 heteroatoms. The summed E-state index contributed by atoms with van der Waals surface area (Å²) < 4.78 is 2.49. The van der Waals surface area contributed by atoms with Crippen LogP contribution in [0, 0.1) is 13.8 Å². The van der Waals surface area contributed by atoms with Crippen molar-refractivity contribution in [3.05, 3.63) is 88.6 Å². The van der Waals surface area contributed by atoms with E-state index in [0.717, 1.165) is 5.22 Å². The molecule has 1 nitrogen and oxygen atoms in total. The Balaban J connectivity index is 2.09. The van der Waals surface area contributed by atoms with Crippen LogP contribution < -0.4 is 5.22 Å². The lowest BCUT2D eigenvalue weighted by molar-refractivity contribution is 1.31. The second kappa shape index (κ2) is 5.96. The first-order chi connectivity index (χ1) is 14.6. The summed E-state index contributed by atoms with van der Waals surface area (Å²) in [6, 6.07) is 22.2. The molecule has 0 spiro atoms. The molecule has 2 aromatic heterocycles. The van der Waals surface area contributed by atoms with Gasteiger partial charge in [0.15, 0.2) is 0 Å². The van der Waals surface area contributed by atoms with Crippen LogP contribution in [0.2, 0.25) is 0 Å². The fourth-order valence-electron chi connectivity index (χ4n) is 5.41. The van der Waals surface area contributed by atoms with Crippen LogP contribution in [-0.2, 0) is 0 Å². The molecule has 30 heavy (non-hydrogen) atoms. The number of aromatic nitrogens is 1. The van der Waals surface area contributed by atoms with Crippen molar-refractivity contribution >= 4 is 61.5 Å². The van der Waals surface area contributed by atoms with Gasteiger partial charge in [-0.25, -0.2) is 0 Å². The standard InChI is InChI=1S/C29H23N/c1-5-9-20-14-15-24-23-13-8-10-17(2)28(23)30-25-16-21-11-6-7-12-22(21)18(3)26(25)19(4)27(20)29(24)30/h5-16H,4H2,1-3H3/b9-5-. The van der Waals surface area contributed by atoms with Crippen molar-refractivity contribution in [3.8, 4) is 0 Å². The molecule has 0 radical (unpaired) electrons. The minimum absolute atomic E-state index is 1.12. The molecule has 4 aromatic carbocycles. The Morgan fingerprint density at radius 3 is 2.40 bits per heavy atom. The first kappa shape index (κ1) is 17.3. The maximum Gasteiger partial charge on any atom is 0.0625 e. The van der Waals surface area contributed by atoms with Gasteiger partial charge in [-0.05, 0) is 59.5 Å². The van der Waals surface area contributed by atoms with Crippen molar-refractivity contribution in [3.63, 3.8) is 0 Å². The molecule has 0 aliphatic rings. The van der Waals surface area contributed by atoms with E-state index in [1.54, 1.807) is 0 Å². The molecule has 6 aromatic rings. The fraction of sp³-hybridized carbons (Fsp3) is 0.103. The van der Waals surface area contributed by atoms with E-state index in [1.807, 2.05) is 0 Å². The van der Waals surface area contributed by atoms with Gasteiger partial charge in [0.25, 0.3) is 0 Å². The lowest BCUT2D eigenvalue weighted by atomic mass is 9.95. The van der Waals surface area contributed by atoms with Crippen molar-refractivity contribution in [2.45, 2.75) is 20.8 Å². The van der Waals surface area contributed by atoms with Gasteiger partial charge in [0.05, 0.1) is 16.6 Å². The first-order valence-electron chi connectivity index (χ1n) is 10.5. The molecule has 0 amide bonds. The van der Waals surface area contributed by atoms with Crippen LogP contribution in [0.5, 0.6) is 0 Å². The smallest absolute Gasteiger partial charge is 0.0625 e. The maximum atomic E-state index is 4.64. The highest BCUT2D eigenvalue weighted by Gasteiger charge is 2.19. The molecule has 0 atom stereocenters. The van der Waals surface area contributed by atoms with Crippen molar-refractivity contribution in [2.75, 3.05) is 0 Å². The summed E-state index contributed by atoms with van der Waals surface area (Å²) >= 11 is 0. The zero-order chi connectivity index (χ0) is 20.6. The third-order valence-corrected chi connectivity index (χ3v) is 6.66. The molecule has 0 N–H and O–H groups in total. The molecule has 0 aliphatic carbocycles. The predicted octanol–water partition coefficient (Wildman–Crippen LogP) is 7.33. The minimum Gasteiger partial charge on any atom is -0.308 e.